The Morgan fingerprint density at radius 2 is 2.00 bits per heavy atom. The minimum atomic E-state index is -0.259. The van der Waals surface area contributed by atoms with E-state index in [1.165, 1.54) is 0 Å². The summed E-state index contributed by atoms with van der Waals surface area (Å²) in [6.45, 7) is 8.37. The van der Waals surface area contributed by atoms with Crippen molar-refractivity contribution in [3.63, 3.8) is 0 Å². The third kappa shape index (κ3) is 4.04. The summed E-state index contributed by atoms with van der Waals surface area (Å²) < 4.78 is 20.5. The van der Waals surface area contributed by atoms with E-state index in [-0.39, 0.29) is 23.1 Å². The predicted molar refractivity (Wildman–Crippen MR) is 130 cm³/mol. The minimum Gasteiger partial charge on any atom is -0.379 e. The van der Waals surface area contributed by atoms with Crippen LogP contribution >= 0.6 is 11.6 Å². The number of fused-ring (bicyclic) bond motifs is 3. The van der Waals surface area contributed by atoms with Crippen LogP contribution in [0.15, 0.2) is 33.8 Å². The average molecular weight is 499 g/mol. The normalized spacial score (nSPS) is 20.8. The molecule has 1 atom stereocenters. The lowest BCUT2D eigenvalue weighted by molar-refractivity contribution is -0.0292. The first kappa shape index (κ1) is 22.7. The lowest BCUT2D eigenvalue weighted by atomic mass is 10.1. The minimum absolute atomic E-state index is 0.198. The standard InChI is InChI=1S/C24H27ClN6O4/c1-24(2)7-6-17(34-24)22-27-21(28-35-22)18-20-23(32)30(9-8-29-10-12-33-13-11-29)19-15(25)4-3-5-16(19)31(20)14-26-18/h3-5,14,17H,6-13H2,1-2H3. The van der Waals surface area contributed by atoms with Gasteiger partial charge < -0.3 is 18.6 Å². The molecule has 1 unspecified atom stereocenters. The Kier molecular flexibility index (Phi) is 5.63. The molecule has 184 valence electrons. The lowest BCUT2D eigenvalue weighted by Gasteiger charge is -2.27. The summed E-state index contributed by atoms with van der Waals surface area (Å²) in [6.07, 6.45) is 3.06. The van der Waals surface area contributed by atoms with Crippen LogP contribution in [0.25, 0.3) is 28.1 Å². The number of nitrogens with zero attached hydrogens (tertiary/aromatic N) is 6. The molecule has 0 saturated carbocycles. The largest absolute Gasteiger partial charge is 0.379 e. The van der Waals surface area contributed by atoms with Gasteiger partial charge in [0.2, 0.25) is 5.82 Å². The van der Waals surface area contributed by atoms with Crippen LogP contribution in [0.5, 0.6) is 0 Å². The monoisotopic (exact) mass is 498 g/mol. The molecular formula is C24H27ClN6O4. The highest BCUT2D eigenvalue weighted by Crippen LogP contribution is 2.38. The van der Waals surface area contributed by atoms with Crippen molar-refractivity contribution < 1.29 is 14.0 Å². The zero-order valence-electron chi connectivity index (χ0n) is 19.7. The first-order valence-corrected chi connectivity index (χ1v) is 12.3. The van der Waals surface area contributed by atoms with Crippen LogP contribution in [0.1, 0.15) is 38.7 Å². The highest BCUT2D eigenvalue weighted by atomic mass is 35.5. The Balaban J connectivity index is 1.44. The van der Waals surface area contributed by atoms with Gasteiger partial charge >= 0.3 is 0 Å². The van der Waals surface area contributed by atoms with E-state index in [0.29, 0.717) is 53.9 Å². The maximum atomic E-state index is 13.9. The Morgan fingerprint density at radius 1 is 1.17 bits per heavy atom. The topological polar surface area (TPSA) is 99.9 Å². The van der Waals surface area contributed by atoms with E-state index < -0.39 is 0 Å². The SMILES string of the molecule is CC1(C)CCC(c2nc(-c3ncn4c3c(=O)n(CCN3CCOCC3)c3c(Cl)cccc34)no2)O1. The molecule has 3 aromatic heterocycles. The van der Waals surface area contributed by atoms with Gasteiger partial charge in [-0.25, -0.2) is 4.98 Å². The third-order valence-electron chi connectivity index (χ3n) is 6.85. The van der Waals surface area contributed by atoms with E-state index in [1.54, 1.807) is 21.4 Å². The molecule has 2 aliphatic heterocycles. The van der Waals surface area contributed by atoms with Gasteiger partial charge in [-0.1, -0.05) is 22.8 Å². The fraction of sp³-hybridized carbons (Fsp3) is 0.500. The quantitative estimate of drug-likeness (QED) is 0.413. The summed E-state index contributed by atoms with van der Waals surface area (Å²) >= 11 is 6.60. The zero-order chi connectivity index (χ0) is 24.2. The molecule has 2 fully saturated rings. The van der Waals surface area contributed by atoms with Crippen LogP contribution in [-0.2, 0) is 16.0 Å². The van der Waals surface area contributed by atoms with Crippen LogP contribution in [0.2, 0.25) is 5.02 Å². The predicted octanol–water partition coefficient (Wildman–Crippen LogP) is 3.31. The van der Waals surface area contributed by atoms with Crippen molar-refractivity contribution in [2.24, 2.45) is 0 Å². The van der Waals surface area contributed by atoms with E-state index in [2.05, 4.69) is 20.0 Å². The molecular weight excluding hydrogens is 472 g/mol. The Morgan fingerprint density at radius 3 is 2.77 bits per heavy atom. The summed E-state index contributed by atoms with van der Waals surface area (Å²) in [4.78, 5) is 25.2. The van der Waals surface area contributed by atoms with Gasteiger partial charge in [0.05, 0.1) is 34.9 Å². The Hall–Kier alpha value is -2.79. The number of morpholine rings is 1. The number of aromatic nitrogens is 5. The fourth-order valence-corrected chi connectivity index (χ4v) is 5.26. The van der Waals surface area contributed by atoms with E-state index in [0.717, 1.165) is 31.4 Å². The Bertz CT molecular complexity index is 1450. The third-order valence-corrected chi connectivity index (χ3v) is 7.16. The Labute approximate surface area is 206 Å². The number of hydrogen-bond donors (Lipinski definition) is 0. The smallest absolute Gasteiger partial charge is 0.277 e. The van der Waals surface area contributed by atoms with Gasteiger partial charge in [0, 0.05) is 26.2 Å². The summed E-state index contributed by atoms with van der Waals surface area (Å²) in [6, 6.07) is 5.60. The maximum Gasteiger partial charge on any atom is 0.277 e. The molecule has 1 aromatic carbocycles. The molecule has 0 bridgehead atoms. The summed E-state index contributed by atoms with van der Waals surface area (Å²) in [5.41, 5.74) is 1.81. The van der Waals surface area contributed by atoms with Gasteiger partial charge in [-0.3, -0.25) is 14.1 Å². The van der Waals surface area contributed by atoms with Gasteiger partial charge in [0.1, 0.15) is 23.6 Å². The molecule has 0 N–H and O–H groups in total. The van der Waals surface area contributed by atoms with Crippen molar-refractivity contribution >= 4 is 28.2 Å². The molecule has 2 aliphatic rings. The molecule has 35 heavy (non-hydrogen) atoms. The van der Waals surface area contributed by atoms with Crippen LogP contribution in [0, 0.1) is 0 Å². The van der Waals surface area contributed by atoms with Crippen molar-refractivity contribution in [1.82, 2.24) is 29.0 Å². The van der Waals surface area contributed by atoms with Crippen molar-refractivity contribution in [1.29, 1.82) is 0 Å². The molecule has 5 heterocycles. The second-order valence-corrected chi connectivity index (χ2v) is 10.1. The van der Waals surface area contributed by atoms with E-state index >= 15 is 0 Å². The second-order valence-electron chi connectivity index (χ2n) is 9.69. The van der Waals surface area contributed by atoms with E-state index in [9.17, 15) is 4.79 Å². The second kappa shape index (κ2) is 8.70. The fourth-order valence-electron chi connectivity index (χ4n) is 4.99. The van der Waals surface area contributed by atoms with Gasteiger partial charge in [-0.15, -0.1) is 0 Å². The van der Waals surface area contributed by atoms with Crippen LogP contribution in [0.3, 0.4) is 0 Å². The summed E-state index contributed by atoms with van der Waals surface area (Å²) in [5, 5.41) is 4.67. The highest BCUT2D eigenvalue weighted by Gasteiger charge is 2.36. The molecule has 0 aliphatic carbocycles. The molecule has 0 amide bonds. The first-order chi connectivity index (χ1) is 16.9. The highest BCUT2D eigenvalue weighted by molar-refractivity contribution is 6.35. The average Bonchev–Trinajstić information content (AvgIpc) is 3.58. The molecule has 2 saturated heterocycles. The van der Waals surface area contributed by atoms with Crippen molar-refractivity contribution in [3.8, 4) is 11.5 Å². The van der Waals surface area contributed by atoms with Crippen LogP contribution in [0.4, 0.5) is 0 Å². The van der Waals surface area contributed by atoms with Crippen molar-refractivity contribution in [3.05, 3.63) is 45.8 Å². The van der Waals surface area contributed by atoms with Crippen molar-refractivity contribution in [2.75, 3.05) is 32.8 Å². The molecule has 0 spiro atoms. The van der Waals surface area contributed by atoms with Crippen LogP contribution < -0.4 is 5.56 Å². The summed E-state index contributed by atoms with van der Waals surface area (Å²) in [5.74, 6) is 0.678. The van der Waals surface area contributed by atoms with Crippen LogP contribution in [-0.4, -0.2) is 67.4 Å². The van der Waals surface area contributed by atoms with Gasteiger partial charge in [-0.05, 0) is 38.8 Å². The maximum absolute atomic E-state index is 13.9. The summed E-state index contributed by atoms with van der Waals surface area (Å²) in [7, 11) is 0. The van der Waals surface area contributed by atoms with Crippen molar-refractivity contribution in [2.45, 2.75) is 44.9 Å². The van der Waals surface area contributed by atoms with Gasteiger partial charge in [0.15, 0.2) is 0 Å². The zero-order valence-corrected chi connectivity index (χ0v) is 20.5. The van der Waals surface area contributed by atoms with E-state index in [1.807, 2.05) is 26.0 Å². The number of rotatable bonds is 5. The number of benzene rings is 1. The first-order valence-electron chi connectivity index (χ1n) is 11.9. The molecule has 0 radical (unpaired) electrons. The molecule has 6 rings (SSSR count). The molecule has 4 aromatic rings. The molecule has 10 nitrogen and oxygen atoms in total. The van der Waals surface area contributed by atoms with Gasteiger partial charge in [-0.2, -0.15) is 4.98 Å². The van der Waals surface area contributed by atoms with Gasteiger partial charge in [0.25, 0.3) is 11.4 Å². The van der Waals surface area contributed by atoms with E-state index in [4.69, 9.17) is 25.6 Å². The molecule has 11 heteroatoms. The number of ether oxygens (including phenoxy) is 2. The lowest BCUT2D eigenvalue weighted by Crippen LogP contribution is -2.39. The number of para-hydroxylation sites is 1. The number of hydrogen-bond acceptors (Lipinski definition) is 8. The number of halogens is 1. The number of imidazole rings is 1.